The molecule has 3 heterocycles. The molecule has 1 aliphatic rings. The van der Waals surface area contributed by atoms with Crippen LogP contribution in [0.2, 0.25) is 0 Å². The number of alkyl halides is 3. The predicted molar refractivity (Wildman–Crippen MR) is 111 cm³/mol. The van der Waals surface area contributed by atoms with Crippen molar-refractivity contribution in [2.75, 3.05) is 56.6 Å². The van der Waals surface area contributed by atoms with Crippen LogP contribution in [0.4, 0.5) is 24.7 Å². The van der Waals surface area contributed by atoms with Gasteiger partial charge in [-0.1, -0.05) is 0 Å². The first kappa shape index (κ1) is 21.2. The van der Waals surface area contributed by atoms with Crippen LogP contribution in [0.25, 0.3) is 5.65 Å². The number of nitrogens with one attached hydrogen (secondary N) is 1. The van der Waals surface area contributed by atoms with Gasteiger partial charge in [0.2, 0.25) is 0 Å². The van der Waals surface area contributed by atoms with E-state index < -0.39 is 12.0 Å². The summed E-state index contributed by atoms with van der Waals surface area (Å²) in [7, 11) is 1.66. The van der Waals surface area contributed by atoms with E-state index in [2.05, 4.69) is 42.5 Å². The summed E-state index contributed by atoms with van der Waals surface area (Å²) in [6, 6.07) is 11.2. The molecule has 0 radical (unpaired) electrons. The number of aromatic nitrogens is 4. The third-order valence-corrected chi connectivity index (χ3v) is 5.28. The second kappa shape index (κ2) is 8.96. The fourth-order valence-corrected chi connectivity index (χ4v) is 3.60. The van der Waals surface area contributed by atoms with Crippen LogP contribution >= 0.6 is 0 Å². The zero-order valence-corrected chi connectivity index (χ0v) is 17.1. The number of halogens is 3. The number of nitrogens with zero attached hydrogens (tertiary/aromatic N) is 6. The van der Waals surface area contributed by atoms with Gasteiger partial charge in [-0.15, -0.1) is 15.3 Å². The van der Waals surface area contributed by atoms with E-state index in [-0.39, 0.29) is 5.65 Å². The first-order chi connectivity index (χ1) is 14.9. The topological polar surface area (TPSA) is 70.8 Å². The normalized spacial score (nSPS) is 15.4. The van der Waals surface area contributed by atoms with Gasteiger partial charge in [0.15, 0.2) is 5.65 Å². The Kier molecular flexibility index (Phi) is 6.12. The monoisotopic (exact) mass is 435 g/mol. The van der Waals surface area contributed by atoms with Crippen molar-refractivity contribution in [3.63, 3.8) is 0 Å². The van der Waals surface area contributed by atoms with E-state index in [0.29, 0.717) is 12.4 Å². The van der Waals surface area contributed by atoms with E-state index in [1.165, 1.54) is 11.8 Å². The molecule has 1 aliphatic heterocycles. The smallest absolute Gasteiger partial charge is 0.453 e. The van der Waals surface area contributed by atoms with E-state index in [9.17, 15) is 13.2 Å². The van der Waals surface area contributed by atoms with Gasteiger partial charge < -0.3 is 15.0 Å². The van der Waals surface area contributed by atoms with Crippen molar-refractivity contribution in [3.05, 3.63) is 42.2 Å². The van der Waals surface area contributed by atoms with Crippen molar-refractivity contribution in [1.82, 2.24) is 24.7 Å². The first-order valence-electron chi connectivity index (χ1n) is 10.1. The van der Waals surface area contributed by atoms with Crippen molar-refractivity contribution in [3.8, 4) is 5.75 Å². The summed E-state index contributed by atoms with van der Waals surface area (Å²) in [6.07, 6.45) is -3.74. The molecule has 1 aromatic carbocycles. The standard InChI is InChI=1S/C20H24F3N7O/c1-31-16-5-3-15(4-6-16)29-13-11-28(12-14-29)10-2-9-24-17-7-8-18-25-26-19(20(21,22)23)30(18)27-17/h3-8H,2,9-14H2,1H3,(H,24,27). The highest BCUT2D eigenvalue weighted by Gasteiger charge is 2.37. The van der Waals surface area contributed by atoms with Gasteiger partial charge in [-0.25, -0.2) is 0 Å². The minimum absolute atomic E-state index is 0.0626. The number of rotatable bonds is 7. The van der Waals surface area contributed by atoms with Crippen molar-refractivity contribution in [2.24, 2.45) is 0 Å². The van der Waals surface area contributed by atoms with Gasteiger partial charge >= 0.3 is 6.18 Å². The molecule has 0 atom stereocenters. The van der Waals surface area contributed by atoms with E-state index in [4.69, 9.17) is 4.74 Å². The fourth-order valence-electron chi connectivity index (χ4n) is 3.60. The molecule has 0 saturated carbocycles. The lowest BCUT2D eigenvalue weighted by Gasteiger charge is -2.36. The van der Waals surface area contributed by atoms with Gasteiger partial charge in [0.05, 0.1) is 7.11 Å². The third-order valence-electron chi connectivity index (χ3n) is 5.28. The number of fused-ring (bicyclic) bond motifs is 1. The second-order valence-electron chi connectivity index (χ2n) is 7.32. The van der Waals surface area contributed by atoms with Gasteiger partial charge in [0, 0.05) is 38.4 Å². The van der Waals surface area contributed by atoms with Crippen LogP contribution in [0.5, 0.6) is 5.75 Å². The zero-order valence-electron chi connectivity index (χ0n) is 17.1. The Morgan fingerprint density at radius 3 is 2.42 bits per heavy atom. The van der Waals surface area contributed by atoms with Gasteiger partial charge in [-0.3, -0.25) is 4.90 Å². The largest absolute Gasteiger partial charge is 0.497 e. The number of benzene rings is 1. The summed E-state index contributed by atoms with van der Waals surface area (Å²) in [6.45, 7) is 5.35. The molecule has 4 rings (SSSR count). The molecule has 0 unspecified atom stereocenters. The molecule has 8 nitrogen and oxygen atoms in total. The van der Waals surface area contributed by atoms with Crippen molar-refractivity contribution < 1.29 is 17.9 Å². The average molecular weight is 435 g/mol. The fraction of sp³-hybridized carbons (Fsp3) is 0.450. The molecule has 11 heteroatoms. The maximum absolute atomic E-state index is 13.0. The SMILES string of the molecule is COc1ccc(N2CCN(CCCNc3ccc4nnc(C(F)(F)F)n4n3)CC2)cc1. The molecule has 0 bridgehead atoms. The summed E-state index contributed by atoms with van der Waals surface area (Å²) in [4.78, 5) is 4.74. The van der Waals surface area contributed by atoms with Crippen LogP contribution in [0.1, 0.15) is 12.2 Å². The van der Waals surface area contributed by atoms with E-state index in [1.807, 2.05) is 12.1 Å². The summed E-state index contributed by atoms with van der Waals surface area (Å²) in [5.74, 6) is 0.0884. The third kappa shape index (κ3) is 4.98. The second-order valence-corrected chi connectivity index (χ2v) is 7.32. The van der Waals surface area contributed by atoms with Crippen molar-refractivity contribution in [1.29, 1.82) is 0 Å². The number of piperazine rings is 1. The minimum Gasteiger partial charge on any atom is -0.497 e. The maximum Gasteiger partial charge on any atom is 0.453 e. The summed E-state index contributed by atoms with van der Waals surface area (Å²) in [5, 5.41) is 13.7. The van der Waals surface area contributed by atoms with Crippen LogP contribution in [0.15, 0.2) is 36.4 Å². The highest BCUT2D eigenvalue weighted by molar-refractivity contribution is 5.49. The Morgan fingerprint density at radius 2 is 1.74 bits per heavy atom. The maximum atomic E-state index is 13.0. The van der Waals surface area contributed by atoms with Crippen molar-refractivity contribution >= 4 is 17.2 Å². The lowest BCUT2D eigenvalue weighted by molar-refractivity contribution is -0.146. The van der Waals surface area contributed by atoms with Crippen LogP contribution < -0.4 is 15.0 Å². The molecule has 1 fully saturated rings. The molecule has 2 aromatic heterocycles. The Hall–Kier alpha value is -3.08. The Morgan fingerprint density at radius 1 is 1.00 bits per heavy atom. The highest BCUT2D eigenvalue weighted by Crippen LogP contribution is 2.27. The first-order valence-corrected chi connectivity index (χ1v) is 10.1. The van der Waals surface area contributed by atoms with E-state index in [1.54, 1.807) is 13.2 Å². The summed E-state index contributed by atoms with van der Waals surface area (Å²) >= 11 is 0. The molecule has 166 valence electrons. The lowest BCUT2D eigenvalue weighted by atomic mass is 10.2. The van der Waals surface area contributed by atoms with Gasteiger partial charge in [-0.2, -0.15) is 17.7 Å². The van der Waals surface area contributed by atoms with E-state index >= 15 is 0 Å². The molecular weight excluding hydrogens is 411 g/mol. The van der Waals surface area contributed by atoms with E-state index in [0.717, 1.165) is 49.4 Å². The molecule has 1 saturated heterocycles. The number of methoxy groups -OCH3 is 1. The summed E-state index contributed by atoms with van der Waals surface area (Å²) < 4.78 is 44.8. The molecule has 0 aliphatic carbocycles. The quantitative estimate of drug-likeness (QED) is 0.573. The van der Waals surface area contributed by atoms with Gasteiger partial charge in [0.1, 0.15) is 11.6 Å². The Bertz CT molecular complexity index is 998. The molecule has 3 aromatic rings. The van der Waals surface area contributed by atoms with Crippen molar-refractivity contribution in [2.45, 2.75) is 12.6 Å². The van der Waals surface area contributed by atoms with Gasteiger partial charge in [-0.05, 0) is 49.4 Å². The number of ether oxygens (including phenoxy) is 1. The van der Waals surface area contributed by atoms with Gasteiger partial charge in [0.25, 0.3) is 5.82 Å². The Balaban J connectivity index is 1.22. The zero-order chi connectivity index (χ0) is 21.8. The minimum atomic E-state index is -4.60. The highest BCUT2D eigenvalue weighted by atomic mass is 19.4. The van der Waals surface area contributed by atoms with Crippen LogP contribution in [0, 0.1) is 0 Å². The predicted octanol–water partition coefficient (Wildman–Crippen LogP) is 2.78. The molecule has 0 amide bonds. The number of anilines is 2. The molecular formula is C20H24F3N7O. The molecule has 31 heavy (non-hydrogen) atoms. The average Bonchev–Trinajstić information content (AvgIpc) is 3.21. The lowest BCUT2D eigenvalue weighted by Crippen LogP contribution is -2.46. The number of hydrogen-bond donors (Lipinski definition) is 1. The summed E-state index contributed by atoms with van der Waals surface area (Å²) in [5.41, 5.74) is 1.25. The molecule has 1 N–H and O–H groups in total. The van der Waals surface area contributed by atoms with Crippen LogP contribution in [-0.2, 0) is 6.18 Å². The number of hydrogen-bond acceptors (Lipinski definition) is 7. The van der Waals surface area contributed by atoms with Crippen LogP contribution in [0.3, 0.4) is 0 Å². The Labute approximate surface area is 177 Å². The molecule has 0 spiro atoms. The van der Waals surface area contributed by atoms with Crippen LogP contribution in [-0.4, -0.2) is 71.1 Å².